The molecule has 2 amide bonds. The van der Waals surface area contributed by atoms with Gasteiger partial charge in [0.1, 0.15) is 6.54 Å². The molecule has 0 bridgehead atoms. The zero-order valence-corrected chi connectivity index (χ0v) is 37.2. The molecular weight excluding hydrogens is 687 g/mol. The summed E-state index contributed by atoms with van der Waals surface area (Å²) in [5, 5.41) is 15.2. The van der Waals surface area contributed by atoms with E-state index in [1.807, 2.05) is 0 Å². The van der Waals surface area contributed by atoms with E-state index in [1.165, 1.54) is 167 Å². The number of nitrogens with one attached hydrogen (secondary N) is 2. The third-order valence-electron chi connectivity index (χ3n) is 11.3. The summed E-state index contributed by atoms with van der Waals surface area (Å²) in [6.07, 6.45) is 41.0. The number of nitrogens with zero attached hydrogens (tertiary/aromatic N) is 1. The zero-order valence-electron chi connectivity index (χ0n) is 37.2. The smallest absolute Gasteiger partial charge is 0.220 e. The van der Waals surface area contributed by atoms with Gasteiger partial charge in [0.15, 0.2) is 0 Å². The van der Waals surface area contributed by atoms with Gasteiger partial charge >= 0.3 is 0 Å². The van der Waals surface area contributed by atoms with Crippen molar-refractivity contribution in [1.82, 2.24) is 10.6 Å². The van der Waals surface area contributed by atoms with Crippen LogP contribution in [0.2, 0.25) is 0 Å². The first-order chi connectivity index (χ1) is 27.0. The molecule has 0 heterocycles. The Labute approximate surface area is 342 Å². The van der Waals surface area contributed by atoms with E-state index in [0.29, 0.717) is 52.4 Å². The highest BCUT2D eigenvalue weighted by molar-refractivity contribution is 5.76. The molecule has 8 heteroatoms. The third-order valence-corrected chi connectivity index (χ3v) is 11.3. The van der Waals surface area contributed by atoms with Crippen molar-refractivity contribution in [3.05, 3.63) is 0 Å². The van der Waals surface area contributed by atoms with Crippen LogP contribution in [0.25, 0.3) is 0 Å². The average molecular weight is 783 g/mol. The molecule has 0 aromatic carbocycles. The number of quaternary nitrogens is 1. The van der Waals surface area contributed by atoms with Crippen LogP contribution in [-0.2, 0) is 19.1 Å². The van der Waals surface area contributed by atoms with E-state index in [0.717, 1.165) is 49.8 Å². The van der Waals surface area contributed by atoms with Gasteiger partial charge in [0.05, 0.1) is 66.3 Å². The van der Waals surface area contributed by atoms with E-state index < -0.39 is 0 Å². The van der Waals surface area contributed by atoms with Gasteiger partial charge in [0.25, 0.3) is 0 Å². The molecule has 0 spiro atoms. The van der Waals surface area contributed by atoms with Gasteiger partial charge in [-0.1, -0.05) is 194 Å². The van der Waals surface area contributed by atoms with Gasteiger partial charge in [-0.2, -0.15) is 0 Å². The van der Waals surface area contributed by atoms with Gasteiger partial charge < -0.3 is 29.7 Å². The van der Waals surface area contributed by atoms with Gasteiger partial charge in [0, 0.05) is 12.8 Å². The van der Waals surface area contributed by atoms with E-state index in [1.54, 1.807) is 0 Å². The summed E-state index contributed by atoms with van der Waals surface area (Å²) in [6.45, 7) is 10.1. The van der Waals surface area contributed by atoms with E-state index in [4.69, 9.17) is 14.6 Å². The predicted molar refractivity (Wildman–Crippen MR) is 235 cm³/mol. The Bertz CT molecular complexity index is 747. The minimum Gasteiger partial charge on any atom is -0.394 e. The maximum Gasteiger partial charge on any atom is 0.220 e. The van der Waals surface area contributed by atoms with Gasteiger partial charge in [0.2, 0.25) is 11.8 Å². The number of aliphatic hydroxyl groups excluding tert-OH is 1. The highest BCUT2D eigenvalue weighted by Gasteiger charge is 2.22. The summed E-state index contributed by atoms with van der Waals surface area (Å²) >= 11 is 0. The van der Waals surface area contributed by atoms with Crippen molar-refractivity contribution in [3.8, 4) is 0 Å². The summed E-state index contributed by atoms with van der Waals surface area (Å²) < 4.78 is 11.8. The Morgan fingerprint density at radius 3 is 1.02 bits per heavy atom. The number of likely N-dealkylation sites (N-methyl/N-ethyl adjacent to an activating group) is 1. The zero-order chi connectivity index (χ0) is 40.2. The topological polar surface area (TPSA) is 96.9 Å². The average Bonchev–Trinajstić information content (AvgIpc) is 3.17. The fraction of sp³-hybridized carbons (Fsp3) is 0.957. The quantitative estimate of drug-likeness (QED) is 0.0422. The molecular formula is C47H96N3O5+. The number of hydrogen-bond donors (Lipinski definition) is 3. The first-order valence-electron chi connectivity index (χ1n) is 24.1. The monoisotopic (exact) mass is 783 g/mol. The molecule has 0 atom stereocenters. The van der Waals surface area contributed by atoms with Gasteiger partial charge in [-0.05, 0) is 12.8 Å². The fourth-order valence-corrected chi connectivity index (χ4v) is 7.43. The predicted octanol–water partition coefficient (Wildman–Crippen LogP) is 11.2. The molecule has 8 nitrogen and oxygen atoms in total. The van der Waals surface area contributed by atoms with Crippen molar-refractivity contribution in [2.24, 2.45) is 0 Å². The van der Waals surface area contributed by atoms with Crippen LogP contribution < -0.4 is 10.6 Å². The van der Waals surface area contributed by atoms with Crippen LogP contribution >= 0.6 is 0 Å². The van der Waals surface area contributed by atoms with Crippen molar-refractivity contribution in [2.75, 3.05) is 72.8 Å². The Balaban J connectivity index is 4.08. The van der Waals surface area contributed by atoms with Crippen LogP contribution in [0.4, 0.5) is 0 Å². The number of carbonyl (C=O) groups is 2. The minimum absolute atomic E-state index is 0.0191. The van der Waals surface area contributed by atoms with E-state index >= 15 is 0 Å². The van der Waals surface area contributed by atoms with Crippen molar-refractivity contribution in [1.29, 1.82) is 0 Å². The molecule has 0 unspecified atom stereocenters. The summed E-state index contributed by atoms with van der Waals surface area (Å²) in [5.74, 6) is 0.297. The number of amides is 2. The van der Waals surface area contributed by atoms with Crippen LogP contribution in [0, 0.1) is 0 Å². The number of unbranched alkanes of at least 4 members (excludes halogenated alkanes) is 28. The number of hydrogen-bond acceptors (Lipinski definition) is 5. The summed E-state index contributed by atoms with van der Waals surface area (Å²) in [4.78, 5) is 25.2. The third kappa shape index (κ3) is 42.2. The van der Waals surface area contributed by atoms with E-state index in [-0.39, 0.29) is 18.4 Å². The van der Waals surface area contributed by atoms with Crippen LogP contribution in [0.3, 0.4) is 0 Å². The second-order valence-corrected chi connectivity index (χ2v) is 16.8. The Kier molecular flexibility index (Phi) is 42.9. The molecule has 0 aromatic heterocycles. The lowest BCUT2D eigenvalue weighted by molar-refractivity contribution is -0.907. The maximum absolute atomic E-state index is 12.6. The second kappa shape index (κ2) is 43.9. The van der Waals surface area contributed by atoms with Crippen LogP contribution in [-0.4, -0.2) is 94.2 Å². The molecule has 0 aliphatic carbocycles. The largest absolute Gasteiger partial charge is 0.394 e. The molecule has 0 rings (SSSR count). The number of aliphatic hydroxyl groups is 1. The highest BCUT2D eigenvalue weighted by Crippen LogP contribution is 2.15. The molecule has 0 fully saturated rings. The van der Waals surface area contributed by atoms with Gasteiger partial charge in [-0.3, -0.25) is 9.59 Å². The lowest BCUT2D eigenvalue weighted by Gasteiger charge is -2.34. The normalized spacial score (nSPS) is 11.7. The van der Waals surface area contributed by atoms with E-state index in [9.17, 15) is 9.59 Å². The number of ether oxygens (including phenoxy) is 2. The number of rotatable bonds is 46. The molecule has 328 valence electrons. The molecule has 0 saturated heterocycles. The first kappa shape index (κ1) is 53.8. The minimum atomic E-state index is 0.0191. The van der Waals surface area contributed by atoms with Gasteiger partial charge in [-0.15, -0.1) is 0 Å². The molecule has 3 N–H and O–H groups in total. The maximum atomic E-state index is 12.6. The summed E-state index contributed by atoms with van der Waals surface area (Å²) in [6, 6.07) is 0. The van der Waals surface area contributed by atoms with Crippen LogP contribution in [0.1, 0.15) is 219 Å². The lowest BCUT2D eigenvalue weighted by atomic mass is 10.0. The van der Waals surface area contributed by atoms with Crippen molar-refractivity contribution in [2.45, 2.75) is 219 Å². The van der Waals surface area contributed by atoms with Crippen LogP contribution in [0.5, 0.6) is 0 Å². The Hall–Kier alpha value is -1.22. The fourth-order valence-electron chi connectivity index (χ4n) is 7.43. The Morgan fingerprint density at radius 1 is 0.418 bits per heavy atom. The summed E-state index contributed by atoms with van der Waals surface area (Å²) in [7, 11) is 2.19. The van der Waals surface area contributed by atoms with E-state index in [2.05, 4.69) is 31.5 Å². The molecule has 0 radical (unpaired) electrons. The van der Waals surface area contributed by atoms with Crippen molar-refractivity contribution in [3.63, 3.8) is 0 Å². The molecule has 0 saturated carbocycles. The summed E-state index contributed by atoms with van der Waals surface area (Å²) in [5.41, 5.74) is 0. The van der Waals surface area contributed by atoms with Gasteiger partial charge in [-0.25, -0.2) is 0 Å². The Morgan fingerprint density at radius 2 is 0.709 bits per heavy atom. The molecule has 0 aliphatic heterocycles. The molecule has 55 heavy (non-hydrogen) atoms. The molecule has 0 aromatic rings. The highest BCUT2D eigenvalue weighted by atomic mass is 16.5. The van der Waals surface area contributed by atoms with Crippen LogP contribution in [0.15, 0.2) is 0 Å². The lowest BCUT2D eigenvalue weighted by Crippen LogP contribution is -2.53. The standard InChI is InChI=1S/C47H95N3O5/c1-4-6-8-10-12-14-16-18-20-22-24-26-28-30-32-34-46(52)48-36-38-50(3,40-42-54-44-45-55-43-41-51)39-37-49-47(53)35-33-31-29-27-25-23-21-19-17-15-13-11-9-7-5-2/h51H,4-45H2,1-3H3,(H-,48,49,52,53)/p+1. The second-order valence-electron chi connectivity index (χ2n) is 16.8. The van der Waals surface area contributed by atoms with Crippen molar-refractivity contribution >= 4 is 11.8 Å². The molecule has 0 aliphatic rings. The number of carbonyl (C=O) groups excluding carboxylic acids is 2. The first-order valence-corrected chi connectivity index (χ1v) is 24.1. The SMILES string of the molecule is CCCCCCCCCCCCCCCCCC(=O)NCC[N+](C)(CCNC(=O)CCCCCCCCCCCCCCCCC)CCOCCOCCO. The van der Waals surface area contributed by atoms with Crippen molar-refractivity contribution < 1.29 is 28.7 Å².